The second kappa shape index (κ2) is 10.6. The molecule has 1 amide bonds. The Bertz CT molecular complexity index is 1340. The molecule has 2 aliphatic rings. The van der Waals surface area contributed by atoms with Crippen LogP contribution in [-0.4, -0.2) is 53.8 Å². The number of hydrogen-bond donors (Lipinski definition) is 1. The van der Waals surface area contributed by atoms with E-state index in [9.17, 15) is 9.18 Å². The summed E-state index contributed by atoms with van der Waals surface area (Å²) in [4.78, 5) is 15.6. The second-order valence-electron chi connectivity index (χ2n) is 9.89. The lowest BCUT2D eigenvalue weighted by molar-refractivity contribution is -0.129. The van der Waals surface area contributed by atoms with Gasteiger partial charge in [0.05, 0.1) is 17.8 Å². The van der Waals surface area contributed by atoms with Crippen molar-refractivity contribution in [3.05, 3.63) is 59.7 Å². The van der Waals surface area contributed by atoms with E-state index in [1.165, 1.54) is 55.0 Å². The minimum absolute atomic E-state index is 0.0124. The summed E-state index contributed by atoms with van der Waals surface area (Å²) in [5, 5.41) is 17.2. The Balaban J connectivity index is 1.48. The van der Waals surface area contributed by atoms with E-state index in [1.807, 2.05) is 11.0 Å². The molecule has 37 heavy (non-hydrogen) atoms. The molecule has 0 atom stereocenters. The Kier molecular flexibility index (Phi) is 7.08. The molecule has 9 heteroatoms. The highest BCUT2D eigenvalue weighted by Crippen LogP contribution is 2.31. The summed E-state index contributed by atoms with van der Waals surface area (Å²) in [6, 6.07) is 12.8. The maximum atomic E-state index is 15.5. The van der Waals surface area contributed by atoms with Crippen molar-refractivity contribution < 1.29 is 13.6 Å². The van der Waals surface area contributed by atoms with Crippen molar-refractivity contribution in [2.45, 2.75) is 32.1 Å². The van der Waals surface area contributed by atoms with Crippen LogP contribution >= 0.6 is 0 Å². The third-order valence-electron chi connectivity index (χ3n) is 7.37. The Morgan fingerprint density at radius 3 is 2.57 bits per heavy atom. The molecule has 2 fully saturated rings. The normalized spacial score (nSPS) is 16.6. The Morgan fingerprint density at radius 1 is 1.05 bits per heavy atom. The molecule has 1 aliphatic heterocycles. The number of nitrogens with one attached hydrogen (secondary N) is 1. The number of carbonyl (C=O) groups is 1. The van der Waals surface area contributed by atoms with Crippen LogP contribution in [0.3, 0.4) is 0 Å². The summed E-state index contributed by atoms with van der Waals surface area (Å²) in [5.74, 6) is -0.00155. The number of anilines is 2. The first-order valence-electron chi connectivity index (χ1n) is 12.8. The van der Waals surface area contributed by atoms with Gasteiger partial charge in [-0.15, -0.1) is 5.10 Å². The molecule has 192 valence electrons. The number of carbonyl (C=O) groups excluding carboxylic acids is 1. The number of piperazine rings is 1. The van der Waals surface area contributed by atoms with E-state index in [-0.39, 0.29) is 23.7 Å². The first kappa shape index (κ1) is 24.8. The van der Waals surface area contributed by atoms with E-state index < -0.39 is 11.6 Å². The number of aromatic nitrogens is 2. The molecule has 1 saturated heterocycles. The van der Waals surface area contributed by atoms with Crippen LogP contribution in [0.15, 0.2) is 42.5 Å². The molecule has 2 aromatic carbocycles. The third kappa shape index (κ3) is 5.29. The number of rotatable bonds is 6. The standard InChI is InChI=1S/C28H30F2N6O/c1-34-11-12-35(18-28(34)37)22-9-10-25(24(30)14-22)36-26(20-7-8-21(16-31)23(29)13-20)15-27(33-36)32-17-19-5-3-2-4-6-19/h7-10,13-15,19H,2-6,11-12,17-18H2,1H3,(H,32,33). The number of benzene rings is 2. The number of nitrogens with zero attached hydrogens (tertiary/aromatic N) is 5. The van der Waals surface area contributed by atoms with E-state index in [0.717, 1.165) is 6.54 Å². The summed E-state index contributed by atoms with van der Waals surface area (Å²) >= 11 is 0. The number of nitriles is 1. The Morgan fingerprint density at radius 2 is 1.86 bits per heavy atom. The SMILES string of the molecule is CN1CCN(c2ccc(-n3nc(NCC4CCCCC4)cc3-c3ccc(C#N)c(F)c3)c(F)c2)CC1=O. The number of hydrogen-bond acceptors (Lipinski definition) is 5. The number of amides is 1. The van der Waals surface area contributed by atoms with Crippen LogP contribution in [0.25, 0.3) is 16.9 Å². The highest BCUT2D eigenvalue weighted by atomic mass is 19.1. The quantitative estimate of drug-likeness (QED) is 0.514. The van der Waals surface area contributed by atoms with Crippen molar-refractivity contribution in [3.8, 4) is 23.0 Å². The van der Waals surface area contributed by atoms with Gasteiger partial charge in [0.15, 0.2) is 5.82 Å². The minimum atomic E-state index is -0.639. The summed E-state index contributed by atoms with van der Waals surface area (Å²) in [6.07, 6.45) is 6.08. The van der Waals surface area contributed by atoms with Crippen LogP contribution in [0.2, 0.25) is 0 Å². The predicted octanol–water partition coefficient (Wildman–Crippen LogP) is 4.96. The van der Waals surface area contributed by atoms with E-state index >= 15 is 4.39 Å². The summed E-state index contributed by atoms with van der Waals surface area (Å²) in [6.45, 7) is 2.17. The highest BCUT2D eigenvalue weighted by molar-refractivity contribution is 5.82. The zero-order chi connectivity index (χ0) is 25.9. The molecule has 0 spiro atoms. The van der Waals surface area contributed by atoms with Crippen molar-refractivity contribution in [2.24, 2.45) is 5.92 Å². The summed E-state index contributed by atoms with van der Waals surface area (Å²) in [7, 11) is 1.76. The van der Waals surface area contributed by atoms with Crippen LogP contribution < -0.4 is 10.2 Å². The molecule has 1 N–H and O–H groups in total. The molecule has 0 radical (unpaired) electrons. The second-order valence-corrected chi connectivity index (χ2v) is 9.89. The zero-order valence-electron chi connectivity index (χ0n) is 20.9. The Hall–Kier alpha value is -3.93. The number of likely N-dealkylation sites (N-methyl/N-ethyl adjacent to an activating group) is 1. The molecule has 3 aromatic rings. The van der Waals surface area contributed by atoms with Gasteiger partial charge in [-0.25, -0.2) is 13.5 Å². The third-order valence-corrected chi connectivity index (χ3v) is 7.37. The van der Waals surface area contributed by atoms with E-state index in [0.29, 0.717) is 41.8 Å². The van der Waals surface area contributed by atoms with Crippen molar-refractivity contribution in [1.29, 1.82) is 5.26 Å². The van der Waals surface area contributed by atoms with Crippen molar-refractivity contribution in [1.82, 2.24) is 14.7 Å². The molecular weight excluding hydrogens is 474 g/mol. The van der Waals surface area contributed by atoms with Gasteiger partial charge in [0, 0.05) is 44.0 Å². The van der Waals surface area contributed by atoms with Crippen molar-refractivity contribution >= 4 is 17.4 Å². The van der Waals surface area contributed by atoms with Gasteiger partial charge in [-0.05, 0) is 49.1 Å². The Labute approximate surface area is 215 Å². The van der Waals surface area contributed by atoms with Crippen LogP contribution in [0.1, 0.15) is 37.7 Å². The van der Waals surface area contributed by atoms with Gasteiger partial charge in [-0.2, -0.15) is 5.26 Å². The van der Waals surface area contributed by atoms with Crippen LogP contribution in [0.5, 0.6) is 0 Å². The van der Waals surface area contributed by atoms with Crippen molar-refractivity contribution in [3.63, 3.8) is 0 Å². The van der Waals surface area contributed by atoms with Gasteiger partial charge in [-0.1, -0.05) is 25.3 Å². The predicted molar refractivity (Wildman–Crippen MR) is 139 cm³/mol. The molecule has 5 rings (SSSR count). The molecule has 1 aliphatic carbocycles. The molecule has 0 bridgehead atoms. The van der Waals surface area contributed by atoms with Gasteiger partial charge >= 0.3 is 0 Å². The molecular formula is C28H30F2N6O. The van der Waals surface area contributed by atoms with Crippen LogP contribution in [0.4, 0.5) is 20.3 Å². The van der Waals surface area contributed by atoms with Gasteiger partial charge in [0.1, 0.15) is 23.4 Å². The molecule has 1 saturated carbocycles. The monoisotopic (exact) mass is 504 g/mol. The number of halogens is 2. The highest BCUT2D eigenvalue weighted by Gasteiger charge is 2.23. The van der Waals surface area contributed by atoms with Crippen LogP contribution in [0, 0.1) is 28.9 Å². The van der Waals surface area contributed by atoms with Gasteiger partial charge in [-0.3, -0.25) is 4.79 Å². The molecule has 7 nitrogen and oxygen atoms in total. The lowest BCUT2D eigenvalue weighted by Gasteiger charge is -2.33. The molecule has 0 unspecified atom stereocenters. The average Bonchev–Trinajstić information content (AvgIpc) is 3.33. The van der Waals surface area contributed by atoms with Gasteiger partial charge in [0.2, 0.25) is 5.91 Å². The van der Waals surface area contributed by atoms with Gasteiger partial charge < -0.3 is 15.1 Å². The summed E-state index contributed by atoms with van der Waals surface area (Å²) in [5.41, 5.74) is 1.78. The first-order chi connectivity index (χ1) is 17.9. The fourth-order valence-corrected chi connectivity index (χ4v) is 5.11. The van der Waals surface area contributed by atoms with E-state index in [2.05, 4.69) is 10.4 Å². The largest absolute Gasteiger partial charge is 0.368 e. The maximum Gasteiger partial charge on any atom is 0.241 e. The minimum Gasteiger partial charge on any atom is -0.368 e. The maximum absolute atomic E-state index is 15.5. The fraction of sp³-hybridized carbons (Fsp3) is 0.393. The fourth-order valence-electron chi connectivity index (χ4n) is 5.11. The lowest BCUT2D eigenvalue weighted by Crippen LogP contribution is -2.48. The van der Waals surface area contributed by atoms with Crippen LogP contribution in [-0.2, 0) is 4.79 Å². The van der Waals surface area contributed by atoms with E-state index in [4.69, 9.17) is 5.26 Å². The van der Waals surface area contributed by atoms with Gasteiger partial charge in [0.25, 0.3) is 0 Å². The topological polar surface area (TPSA) is 77.2 Å². The average molecular weight is 505 g/mol. The van der Waals surface area contributed by atoms with Crippen molar-refractivity contribution in [2.75, 3.05) is 43.4 Å². The molecule has 2 heterocycles. The summed E-state index contributed by atoms with van der Waals surface area (Å²) < 4.78 is 31.5. The first-order valence-corrected chi connectivity index (χ1v) is 12.8. The zero-order valence-corrected chi connectivity index (χ0v) is 20.9. The lowest BCUT2D eigenvalue weighted by atomic mass is 9.89. The smallest absolute Gasteiger partial charge is 0.241 e. The van der Waals surface area contributed by atoms with E-state index in [1.54, 1.807) is 36.2 Å². The molecule has 1 aromatic heterocycles.